The number of ether oxygens (including phenoxy) is 1. The van der Waals surface area contributed by atoms with Gasteiger partial charge >= 0.3 is 13.1 Å². The summed E-state index contributed by atoms with van der Waals surface area (Å²) in [6, 6.07) is 16.0. The molecule has 0 amide bonds. The zero-order valence-corrected chi connectivity index (χ0v) is 19.0. The van der Waals surface area contributed by atoms with E-state index in [1.165, 1.54) is 0 Å². The molecule has 1 aliphatic heterocycles. The van der Waals surface area contributed by atoms with E-state index in [2.05, 4.69) is 6.07 Å². The summed E-state index contributed by atoms with van der Waals surface area (Å²) < 4.78 is 18.1. The fourth-order valence-electron chi connectivity index (χ4n) is 3.41. The number of rotatable bonds is 5. The smallest absolute Gasteiger partial charge is 0.460 e. The predicted octanol–water partition coefficient (Wildman–Crippen LogP) is 4.68. The van der Waals surface area contributed by atoms with Crippen LogP contribution in [0.4, 0.5) is 0 Å². The fourth-order valence-corrected chi connectivity index (χ4v) is 3.41. The van der Waals surface area contributed by atoms with Crippen molar-refractivity contribution in [1.82, 2.24) is 0 Å². The third kappa shape index (κ3) is 4.68. The molecule has 0 N–H and O–H groups in total. The van der Waals surface area contributed by atoms with Crippen molar-refractivity contribution in [2.75, 3.05) is 0 Å². The van der Waals surface area contributed by atoms with Crippen molar-refractivity contribution >= 4 is 24.1 Å². The Morgan fingerprint density at radius 3 is 2.17 bits per heavy atom. The Morgan fingerprint density at radius 1 is 1.00 bits per heavy atom. The van der Waals surface area contributed by atoms with Gasteiger partial charge in [0.1, 0.15) is 0 Å². The summed E-state index contributed by atoms with van der Waals surface area (Å²) in [4.78, 5) is 12.6. The molecule has 2 aromatic rings. The second kappa shape index (κ2) is 8.40. The minimum absolute atomic E-state index is 0.189. The molecular weight excluding hydrogens is 375 g/mol. The van der Waals surface area contributed by atoms with Crippen LogP contribution < -0.4 is 5.46 Å². The van der Waals surface area contributed by atoms with E-state index >= 15 is 0 Å². The van der Waals surface area contributed by atoms with Gasteiger partial charge in [0.25, 0.3) is 0 Å². The van der Waals surface area contributed by atoms with Crippen molar-refractivity contribution in [3.05, 3.63) is 71.3 Å². The quantitative estimate of drug-likeness (QED) is 0.411. The maximum absolute atomic E-state index is 12.6. The fraction of sp³-hybridized carbons (Fsp3) is 0.400. The molecule has 1 heterocycles. The summed E-state index contributed by atoms with van der Waals surface area (Å²) in [6.07, 6.45) is 1.38. The van der Waals surface area contributed by atoms with Crippen molar-refractivity contribution in [2.45, 2.75) is 65.8 Å². The van der Waals surface area contributed by atoms with Crippen molar-refractivity contribution < 1.29 is 18.8 Å². The lowest BCUT2D eigenvalue weighted by atomic mass is 9.72. The van der Waals surface area contributed by atoms with Gasteiger partial charge < -0.3 is 14.0 Å². The SMILES string of the molecule is Cc1ccc(/C(=C/C(=O)OC(C)C)c2ccccc2)c(B2OC(C)(C)C(C)(C)O2)c1. The van der Waals surface area contributed by atoms with Gasteiger partial charge in [-0.15, -0.1) is 0 Å². The lowest BCUT2D eigenvalue weighted by Crippen LogP contribution is -2.41. The Labute approximate surface area is 180 Å². The summed E-state index contributed by atoms with van der Waals surface area (Å²) in [5, 5.41) is 0. The van der Waals surface area contributed by atoms with E-state index in [-0.39, 0.29) is 12.1 Å². The van der Waals surface area contributed by atoms with Gasteiger partial charge in [-0.1, -0.05) is 54.1 Å². The highest BCUT2D eigenvalue weighted by molar-refractivity contribution is 6.63. The highest BCUT2D eigenvalue weighted by Crippen LogP contribution is 2.37. The van der Waals surface area contributed by atoms with Gasteiger partial charge in [-0.05, 0) is 70.6 Å². The van der Waals surface area contributed by atoms with E-state index < -0.39 is 18.3 Å². The second-order valence-corrected chi connectivity index (χ2v) is 9.09. The van der Waals surface area contributed by atoms with Gasteiger partial charge in [0, 0.05) is 6.08 Å². The van der Waals surface area contributed by atoms with E-state index in [0.29, 0.717) is 0 Å². The molecule has 1 fully saturated rings. The third-order valence-electron chi connectivity index (χ3n) is 5.70. The highest BCUT2D eigenvalue weighted by Gasteiger charge is 2.52. The standard InChI is InChI=1S/C25H31BO4/c1-17(2)28-23(27)16-21(19-11-9-8-10-12-19)20-14-13-18(3)15-22(20)26-29-24(4,5)25(6,7)30-26/h8-17H,1-7H3/b21-16+. The van der Waals surface area contributed by atoms with Crippen molar-refractivity contribution in [2.24, 2.45) is 0 Å². The van der Waals surface area contributed by atoms with Crippen molar-refractivity contribution in [3.8, 4) is 0 Å². The summed E-state index contributed by atoms with van der Waals surface area (Å²) >= 11 is 0. The van der Waals surface area contributed by atoms with Crippen LogP contribution in [0.2, 0.25) is 0 Å². The first-order valence-electron chi connectivity index (χ1n) is 10.4. The lowest BCUT2D eigenvalue weighted by molar-refractivity contribution is -0.141. The average molecular weight is 406 g/mol. The number of benzene rings is 2. The van der Waals surface area contributed by atoms with Crippen LogP contribution in [0, 0.1) is 6.92 Å². The van der Waals surface area contributed by atoms with Crippen LogP contribution in [0.15, 0.2) is 54.6 Å². The van der Waals surface area contributed by atoms with Crippen LogP contribution >= 0.6 is 0 Å². The normalized spacial score (nSPS) is 18.0. The molecule has 5 heteroatoms. The summed E-state index contributed by atoms with van der Waals surface area (Å²) in [7, 11) is -0.530. The molecular formula is C25H31BO4. The molecule has 30 heavy (non-hydrogen) atoms. The molecule has 0 radical (unpaired) electrons. The molecule has 0 bridgehead atoms. The third-order valence-corrected chi connectivity index (χ3v) is 5.70. The van der Waals surface area contributed by atoms with E-state index in [1.54, 1.807) is 6.08 Å². The molecule has 1 saturated heterocycles. The molecule has 3 rings (SSSR count). The molecule has 158 valence electrons. The first-order valence-corrected chi connectivity index (χ1v) is 10.4. The molecule has 0 unspecified atom stereocenters. The molecule has 0 spiro atoms. The number of carbonyl (C=O) groups excluding carboxylic acids is 1. The van der Waals surface area contributed by atoms with E-state index in [9.17, 15) is 4.79 Å². The van der Waals surface area contributed by atoms with Gasteiger partial charge in [0.2, 0.25) is 0 Å². The van der Waals surface area contributed by atoms with Crippen LogP contribution in [-0.2, 0) is 18.8 Å². The Bertz CT molecular complexity index is 929. The Morgan fingerprint density at radius 2 is 1.60 bits per heavy atom. The minimum atomic E-state index is -0.530. The summed E-state index contributed by atoms with van der Waals surface area (Å²) in [5.41, 5.74) is 3.70. The first kappa shape index (κ1) is 22.3. The Hall–Kier alpha value is -2.37. The number of esters is 1. The van der Waals surface area contributed by atoms with Gasteiger partial charge in [-0.25, -0.2) is 4.79 Å². The van der Waals surface area contributed by atoms with Gasteiger partial charge in [-0.2, -0.15) is 0 Å². The van der Waals surface area contributed by atoms with E-state index in [0.717, 1.165) is 27.7 Å². The monoisotopic (exact) mass is 406 g/mol. The number of aryl methyl sites for hydroxylation is 1. The zero-order valence-electron chi connectivity index (χ0n) is 19.0. The Balaban J connectivity index is 2.14. The van der Waals surface area contributed by atoms with Crippen LogP contribution in [0.5, 0.6) is 0 Å². The zero-order chi connectivity index (χ0) is 22.1. The number of hydrogen-bond acceptors (Lipinski definition) is 4. The second-order valence-electron chi connectivity index (χ2n) is 9.09. The number of carbonyl (C=O) groups is 1. The van der Waals surface area contributed by atoms with Crippen LogP contribution in [0.3, 0.4) is 0 Å². The van der Waals surface area contributed by atoms with E-state index in [4.69, 9.17) is 14.0 Å². The molecule has 0 saturated carbocycles. The largest absolute Gasteiger partial charge is 0.495 e. The predicted molar refractivity (Wildman–Crippen MR) is 122 cm³/mol. The lowest BCUT2D eigenvalue weighted by Gasteiger charge is -2.32. The molecule has 0 aromatic heterocycles. The van der Waals surface area contributed by atoms with Crippen LogP contribution in [0.1, 0.15) is 58.2 Å². The molecule has 2 aromatic carbocycles. The van der Waals surface area contributed by atoms with Crippen molar-refractivity contribution in [1.29, 1.82) is 0 Å². The van der Waals surface area contributed by atoms with Gasteiger partial charge in [0.15, 0.2) is 0 Å². The van der Waals surface area contributed by atoms with Crippen LogP contribution in [-0.4, -0.2) is 30.4 Å². The summed E-state index contributed by atoms with van der Waals surface area (Å²) in [5.74, 6) is -0.371. The summed E-state index contributed by atoms with van der Waals surface area (Å²) in [6.45, 7) is 13.9. The maximum atomic E-state index is 12.6. The van der Waals surface area contributed by atoms with Crippen LogP contribution in [0.25, 0.3) is 5.57 Å². The van der Waals surface area contributed by atoms with Gasteiger partial charge in [0.05, 0.1) is 17.3 Å². The topological polar surface area (TPSA) is 44.8 Å². The molecule has 1 aliphatic rings. The Kier molecular flexibility index (Phi) is 6.25. The minimum Gasteiger partial charge on any atom is -0.460 e. The van der Waals surface area contributed by atoms with E-state index in [1.807, 2.05) is 90.9 Å². The maximum Gasteiger partial charge on any atom is 0.495 e. The van der Waals surface area contributed by atoms with Gasteiger partial charge in [-0.3, -0.25) is 0 Å². The first-order chi connectivity index (χ1) is 14.0. The average Bonchev–Trinajstić information content (AvgIpc) is 2.87. The molecule has 0 aliphatic carbocycles. The van der Waals surface area contributed by atoms with Crippen molar-refractivity contribution in [3.63, 3.8) is 0 Å². The highest BCUT2D eigenvalue weighted by atomic mass is 16.7. The molecule has 4 nitrogen and oxygen atoms in total. The molecule has 0 atom stereocenters. The number of hydrogen-bond donors (Lipinski definition) is 0.